The molecule has 1 aliphatic heterocycles. The van der Waals surface area contributed by atoms with Crippen molar-refractivity contribution in [3.8, 4) is 0 Å². The Morgan fingerprint density at radius 2 is 2.00 bits per heavy atom. The quantitative estimate of drug-likeness (QED) is 0.477. The highest BCUT2D eigenvalue weighted by molar-refractivity contribution is 7.53. The number of halogens is 1. The minimum Gasteiger partial charge on any atom is -0.382 e. The summed E-state index contributed by atoms with van der Waals surface area (Å²) in [7, 11) is -3.28. The first kappa shape index (κ1) is 21.6. The van der Waals surface area contributed by atoms with E-state index >= 15 is 0 Å². The SMILES string of the molecule is CCOP(=O)(C[C@@]12C[C@@H]1[C@@H](n1cnc3c(N)nc(Cl)nc31)[C@@H]1OC(C)(C)O[C@@H]12)OCC. The van der Waals surface area contributed by atoms with E-state index in [1.54, 1.807) is 6.33 Å². The van der Waals surface area contributed by atoms with Gasteiger partial charge in [0.05, 0.1) is 37.8 Å². The topological polar surface area (TPSA) is 124 Å². The fourth-order valence-corrected chi connectivity index (χ4v) is 7.97. The Kier molecular flexibility index (Phi) is 4.94. The molecule has 5 rings (SSSR count). The van der Waals surface area contributed by atoms with Crippen LogP contribution in [-0.2, 0) is 23.1 Å². The lowest BCUT2D eigenvalue weighted by Gasteiger charge is -2.27. The number of rotatable bonds is 7. The molecule has 2 aromatic rings. The van der Waals surface area contributed by atoms with Gasteiger partial charge in [-0.25, -0.2) is 4.98 Å². The maximum atomic E-state index is 13.4. The molecule has 3 heterocycles. The molecule has 2 aliphatic carbocycles. The van der Waals surface area contributed by atoms with Crippen molar-refractivity contribution in [3.63, 3.8) is 0 Å². The predicted octanol–water partition coefficient (Wildman–Crippen LogP) is 3.41. The van der Waals surface area contributed by atoms with Crippen molar-refractivity contribution in [2.45, 2.75) is 58.2 Å². The molecule has 3 fully saturated rings. The third-order valence-electron chi connectivity index (χ3n) is 6.50. The van der Waals surface area contributed by atoms with Crippen molar-refractivity contribution >= 4 is 36.2 Å². The van der Waals surface area contributed by atoms with Gasteiger partial charge in [0, 0.05) is 5.41 Å². The van der Waals surface area contributed by atoms with Gasteiger partial charge in [-0.3, -0.25) is 4.57 Å². The highest BCUT2D eigenvalue weighted by Crippen LogP contribution is 2.75. The summed E-state index contributed by atoms with van der Waals surface area (Å²) in [6.07, 6.45) is 2.28. The summed E-state index contributed by atoms with van der Waals surface area (Å²) in [5, 5.41) is 0.0597. The van der Waals surface area contributed by atoms with Gasteiger partial charge in [-0.1, -0.05) is 0 Å². The van der Waals surface area contributed by atoms with Crippen LogP contribution in [0.2, 0.25) is 5.28 Å². The summed E-state index contributed by atoms with van der Waals surface area (Å²) in [6.45, 7) is 8.05. The molecule has 2 saturated carbocycles. The molecule has 0 radical (unpaired) electrons. The monoisotopic (exact) mass is 471 g/mol. The zero-order valence-corrected chi connectivity index (χ0v) is 19.6. The second-order valence-electron chi connectivity index (χ2n) is 8.86. The maximum Gasteiger partial charge on any atom is 0.331 e. The minimum atomic E-state index is -3.28. The molecule has 0 unspecified atom stereocenters. The molecule has 1 saturated heterocycles. The molecule has 3 aliphatic rings. The van der Waals surface area contributed by atoms with E-state index in [1.807, 2.05) is 32.3 Å². The lowest BCUT2D eigenvalue weighted by atomic mass is 10.0. The highest BCUT2D eigenvalue weighted by Gasteiger charge is 2.77. The molecular formula is C19H27ClN5O5P. The molecular weight excluding hydrogens is 445 g/mol. The van der Waals surface area contributed by atoms with E-state index in [2.05, 4.69) is 15.0 Å². The number of imidazole rings is 1. The summed E-state index contributed by atoms with van der Waals surface area (Å²) in [4.78, 5) is 12.8. The Morgan fingerprint density at radius 1 is 1.29 bits per heavy atom. The van der Waals surface area contributed by atoms with Gasteiger partial charge in [-0.05, 0) is 51.6 Å². The van der Waals surface area contributed by atoms with E-state index in [4.69, 9.17) is 35.9 Å². The molecule has 2 aromatic heterocycles. The van der Waals surface area contributed by atoms with Crippen LogP contribution in [0, 0.1) is 11.3 Å². The van der Waals surface area contributed by atoms with Crippen LogP contribution in [0.1, 0.15) is 40.2 Å². The Balaban J connectivity index is 1.56. The van der Waals surface area contributed by atoms with Crippen LogP contribution >= 0.6 is 19.2 Å². The third kappa shape index (κ3) is 3.31. The largest absolute Gasteiger partial charge is 0.382 e. The van der Waals surface area contributed by atoms with Crippen LogP contribution in [0.5, 0.6) is 0 Å². The van der Waals surface area contributed by atoms with Gasteiger partial charge in [0.15, 0.2) is 17.3 Å². The number of hydrogen-bond donors (Lipinski definition) is 1. The summed E-state index contributed by atoms with van der Waals surface area (Å²) in [5.74, 6) is -0.399. The Morgan fingerprint density at radius 3 is 2.68 bits per heavy atom. The van der Waals surface area contributed by atoms with Gasteiger partial charge in [-0.15, -0.1) is 0 Å². The molecule has 0 amide bonds. The summed E-state index contributed by atoms with van der Waals surface area (Å²) >= 11 is 6.08. The molecule has 12 heteroatoms. The Hall–Kier alpha value is -1.29. The molecule has 0 aromatic carbocycles. The van der Waals surface area contributed by atoms with Crippen molar-refractivity contribution in [2.75, 3.05) is 25.1 Å². The standard InChI is InChI=1S/C19H27ClN5O5P/c1-5-27-31(26,28-6-2)8-19-7-10(19)12(13-14(19)30-18(3,4)29-13)25-9-22-11-15(21)23-17(20)24-16(11)25/h9-10,12-14H,5-8H2,1-4H3,(H2,21,23,24)/t10-,12-,13+,14+,19+/m1/s1. The van der Waals surface area contributed by atoms with E-state index in [1.165, 1.54) is 0 Å². The average Bonchev–Trinajstić information content (AvgIpc) is 2.92. The molecule has 0 spiro atoms. The van der Waals surface area contributed by atoms with Crippen LogP contribution in [-0.4, -0.2) is 56.9 Å². The molecule has 10 nitrogen and oxygen atoms in total. The van der Waals surface area contributed by atoms with Crippen molar-refractivity contribution in [1.82, 2.24) is 19.5 Å². The van der Waals surface area contributed by atoms with E-state index in [9.17, 15) is 4.57 Å². The number of aromatic nitrogens is 4. The highest BCUT2D eigenvalue weighted by atomic mass is 35.5. The average molecular weight is 472 g/mol. The summed E-state index contributed by atoms with van der Waals surface area (Å²) < 4.78 is 39.3. The first-order chi connectivity index (χ1) is 14.6. The van der Waals surface area contributed by atoms with Crippen LogP contribution in [0.25, 0.3) is 11.2 Å². The number of nitrogens with zero attached hydrogens (tertiary/aromatic N) is 4. The Labute approximate surface area is 185 Å². The number of anilines is 1. The second-order valence-corrected chi connectivity index (χ2v) is 11.3. The van der Waals surface area contributed by atoms with Gasteiger partial charge in [0.2, 0.25) is 5.28 Å². The van der Waals surface area contributed by atoms with Crippen LogP contribution in [0.3, 0.4) is 0 Å². The van der Waals surface area contributed by atoms with Crippen molar-refractivity contribution in [1.29, 1.82) is 0 Å². The second kappa shape index (κ2) is 7.10. The van der Waals surface area contributed by atoms with E-state index in [0.29, 0.717) is 24.4 Å². The first-order valence-corrected chi connectivity index (χ1v) is 12.6. The fourth-order valence-electron chi connectivity index (χ4n) is 5.49. The number of nitrogen functional groups attached to an aromatic ring is 1. The van der Waals surface area contributed by atoms with Crippen molar-refractivity contribution in [2.24, 2.45) is 11.3 Å². The maximum absolute atomic E-state index is 13.4. The number of nitrogens with two attached hydrogens (primary N) is 1. The summed E-state index contributed by atoms with van der Waals surface area (Å²) in [6, 6.07) is -0.126. The van der Waals surface area contributed by atoms with Gasteiger partial charge in [0.25, 0.3) is 0 Å². The van der Waals surface area contributed by atoms with Gasteiger partial charge in [0.1, 0.15) is 11.6 Å². The van der Waals surface area contributed by atoms with E-state index in [0.717, 1.165) is 6.42 Å². The summed E-state index contributed by atoms with van der Waals surface area (Å²) in [5.41, 5.74) is 6.67. The number of fused-ring (bicyclic) bond motifs is 4. The first-order valence-electron chi connectivity index (χ1n) is 10.5. The van der Waals surface area contributed by atoms with Gasteiger partial charge < -0.3 is 28.8 Å². The van der Waals surface area contributed by atoms with Crippen LogP contribution in [0.4, 0.5) is 5.82 Å². The fraction of sp³-hybridized carbons (Fsp3) is 0.737. The number of hydrogen-bond acceptors (Lipinski definition) is 9. The normalized spacial score (nSPS) is 33.6. The van der Waals surface area contributed by atoms with Gasteiger partial charge in [-0.2, -0.15) is 9.97 Å². The third-order valence-corrected chi connectivity index (χ3v) is 8.95. The van der Waals surface area contributed by atoms with Crippen molar-refractivity contribution in [3.05, 3.63) is 11.6 Å². The zero-order valence-electron chi connectivity index (χ0n) is 17.9. The van der Waals surface area contributed by atoms with Crippen LogP contribution in [0.15, 0.2) is 6.33 Å². The Bertz CT molecular complexity index is 1070. The number of ether oxygens (including phenoxy) is 2. The minimum absolute atomic E-state index is 0.0597. The lowest BCUT2D eigenvalue weighted by molar-refractivity contribution is -0.160. The molecule has 2 N–H and O–H groups in total. The molecule has 170 valence electrons. The zero-order chi connectivity index (χ0) is 22.2. The van der Waals surface area contributed by atoms with Crippen molar-refractivity contribution < 1.29 is 23.1 Å². The predicted molar refractivity (Wildman–Crippen MR) is 114 cm³/mol. The smallest absolute Gasteiger partial charge is 0.331 e. The van der Waals surface area contributed by atoms with E-state index < -0.39 is 13.4 Å². The van der Waals surface area contributed by atoms with Gasteiger partial charge >= 0.3 is 7.60 Å². The van der Waals surface area contributed by atoms with E-state index in [-0.39, 0.29) is 46.8 Å². The molecule has 0 bridgehead atoms. The molecule has 5 atom stereocenters. The molecule has 31 heavy (non-hydrogen) atoms. The lowest BCUT2D eigenvalue weighted by Crippen LogP contribution is -2.33. The van der Waals surface area contributed by atoms with Crippen LogP contribution < -0.4 is 5.73 Å².